The van der Waals surface area contributed by atoms with Gasteiger partial charge >= 0.3 is 0 Å². The fourth-order valence-electron chi connectivity index (χ4n) is 2.80. The number of hydrogen-bond acceptors (Lipinski definition) is 4. The Balaban J connectivity index is 1.90. The maximum absolute atomic E-state index is 13.5. The Bertz CT molecular complexity index is 699. The van der Waals surface area contributed by atoms with E-state index < -0.39 is 6.04 Å². The number of rotatable bonds is 3. The molecule has 1 N–H and O–H groups in total. The van der Waals surface area contributed by atoms with Crippen LogP contribution in [0.2, 0.25) is 0 Å². The Hall–Kier alpha value is -2.28. The normalized spacial score (nSPS) is 19.2. The molecule has 1 saturated heterocycles. The molecule has 22 heavy (non-hydrogen) atoms. The van der Waals surface area contributed by atoms with Gasteiger partial charge in [0.2, 0.25) is 5.91 Å². The second kappa shape index (κ2) is 5.84. The number of nitrogens with zero attached hydrogens (tertiary/aromatic N) is 4. The van der Waals surface area contributed by atoms with Gasteiger partial charge in [0.25, 0.3) is 0 Å². The highest BCUT2D eigenvalue weighted by atomic mass is 19.1. The summed E-state index contributed by atoms with van der Waals surface area (Å²) in [5.74, 6) is 1.02. The summed E-state index contributed by atoms with van der Waals surface area (Å²) >= 11 is 0. The number of carbonyl (C=O) groups is 1. The SMILES string of the molecule is Cc1nc(CN2CCNC(=O)[C@@H]2c2cccc(F)c2)n(C)n1. The van der Waals surface area contributed by atoms with Gasteiger partial charge < -0.3 is 5.32 Å². The average Bonchev–Trinajstić information content (AvgIpc) is 2.77. The molecular weight excluding hydrogens is 285 g/mol. The van der Waals surface area contributed by atoms with E-state index in [0.717, 1.165) is 5.82 Å². The van der Waals surface area contributed by atoms with Crippen LogP contribution in [0.15, 0.2) is 24.3 Å². The lowest BCUT2D eigenvalue weighted by molar-refractivity contribution is -0.129. The van der Waals surface area contributed by atoms with Gasteiger partial charge in [-0.25, -0.2) is 9.37 Å². The summed E-state index contributed by atoms with van der Waals surface area (Å²) in [4.78, 5) is 18.7. The second-order valence-corrected chi connectivity index (χ2v) is 5.42. The molecule has 6 nitrogen and oxygen atoms in total. The van der Waals surface area contributed by atoms with E-state index in [1.165, 1.54) is 12.1 Å². The van der Waals surface area contributed by atoms with E-state index in [0.29, 0.717) is 31.0 Å². The minimum absolute atomic E-state index is 0.115. The molecule has 0 spiro atoms. The maximum Gasteiger partial charge on any atom is 0.242 e. The molecule has 0 saturated carbocycles. The first-order valence-corrected chi connectivity index (χ1v) is 7.18. The molecule has 2 heterocycles. The predicted octanol–water partition coefficient (Wildman–Crippen LogP) is 0.936. The Morgan fingerprint density at radius 3 is 2.95 bits per heavy atom. The van der Waals surface area contributed by atoms with Gasteiger partial charge in [-0.3, -0.25) is 14.4 Å². The number of carbonyl (C=O) groups excluding carboxylic acids is 1. The van der Waals surface area contributed by atoms with E-state index in [2.05, 4.69) is 15.4 Å². The zero-order valence-corrected chi connectivity index (χ0v) is 12.6. The number of nitrogens with one attached hydrogen (secondary N) is 1. The molecule has 0 unspecified atom stereocenters. The highest BCUT2D eigenvalue weighted by molar-refractivity contribution is 5.83. The van der Waals surface area contributed by atoms with Gasteiger partial charge in [-0.2, -0.15) is 5.10 Å². The van der Waals surface area contributed by atoms with Crippen LogP contribution in [-0.4, -0.2) is 38.7 Å². The highest BCUT2D eigenvalue weighted by Crippen LogP contribution is 2.25. The van der Waals surface area contributed by atoms with Crippen molar-refractivity contribution in [3.8, 4) is 0 Å². The van der Waals surface area contributed by atoms with Crippen molar-refractivity contribution in [3.05, 3.63) is 47.3 Å². The van der Waals surface area contributed by atoms with Crippen LogP contribution in [0.25, 0.3) is 0 Å². The quantitative estimate of drug-likeness (QED) is 0.916. The van der Waals surface area contributed by atoms with Crippen LogP contribution in [0.3, 0.4) is 0 Å². The molecule has 1 aromatic heterocycles. The minimum Gasteiger partial charge on any atom is -0.353 e. The van der Waals surface area contributed by atoms with Crippen LogP contribution in [0, 0.1) is 12.7 Å². The highest BCUT2D eigenvalue weighted by Gasteiger charge is 2.32. The zero-order valence-electron chi connectivity index (χ0n) is 12.6. The third-order valence-corrected chi connectivity index (χ3v) is 3.78. The lowest BCUT2D eigenvalue weighted by Gasteiger charge is -2.34. The molecule has 1 atom stereocenters. The first kappa shape index (κ1) is 14.6. The molecule has 7 heteroatoms. The Labute approximate surface area is 128 Å². The van der Waals surface area contributed by atoms with Crippen molar-refractivity contribution < 1.29 is 9.18 Å². The third kappa shape index (κ3) is 2.85. The van der Waals surface area contributed by atoms with Crippen LogP contribution in [0.4, 0.5) is 4.39 Å². The molecule has 1 aliphatic heterocycles. The van der Waals surface area contributed by atoms with Crippen molar-refractivity contribution >= 4 is 5.91 Å². The van der Waals surface area contributed by atoms with Crippen molar-refractivity contribution in [2.45, 2.75) is 19.5 Å². The number of benzene rings is 1. The molecule has 0 bridgehead atoms. The van der Waals surface area contributed by atoms with E-state index in [1.807, 2.05) is 18.9 Å². The maximum atomic E-state index is 13.5. The summed E-state index contributed by atoms with van der Waals surface area (Å²) in [7, 11) is 1.83. The molecule has 0 radical (unpaired) electrons. The molecule has 116 valence electrons. The first-order chi connectivity index (χ1) is 10.5. The first-order valence-electron chi connectivity index (χ1n) is 7.18. The molecule has 1 amide bonds. The summed E-state index contributed by atoms with van der Waals surface area (Å²) in [6, 6.07) is 5.66. The minimum atomic E-state index is -0.513. The summed E-state index contributed by atoms with van der Waals surface area (Å²) in [6.45, 7) is 3.57. The predicted molar refractivity (Wildman–Crippen MR) is 78.3 cm³/mol. The number of aryl methyl sites for hydroxylation is 2. The summed E-state index contributed by atoms with van der Waals surface area (Å²) < 4.78 is 15.2. The van der Waals surface area contributed by atoms with E-state index in [9.17, 15) is 9.18 Å². The lowest BCUT2D eigenvalue weighted by atomic mass is 10.0. The average molecular weight is 303 g/mol. The number of halogens is 1. The van der Waals surface area contributed by atoms with Crippen LogP contribution in [0.5, 0.6) is 0 Å². The molecule has 1 aliphatic rings. The van der Waals surface area contributed by atoms with E-state index >= 15 is 0 Å². The van der Waals surface area contributed by atoms with E-state index in [-0.39, 0.29) is 11.7 Å². The van der Waals surface area contributed by atoms with Gasteiger partial charge in [0.1, 0.15) is 23.5 Å². The van der Waals surface area contributed by atoms with Crippen LogP contribution in [0.1, 0.15) is 23.3 Å². The van der Waals surface area contributed by atoms with E-state index in [4.69, 9.17) is 0 Å². The van der Waals surface area contributed by atoms with Crippen molar-refractivity contribution in [1.29, 1.82) is 0 Å². The fraction of sp³-hybridized carbons (Fsp3) is 0.400. The van der Waals surface area contributed by atoms with Crippen molar-refractivity contribution in [2.24, 2.45) is 7.05 Å². The Kier molecular flexibility index (Phi) is 3.89. The third-order valence-electron chi connectivity index (χ3n) is 3.78. The summed E-state index contributed by atoms with van der Waals surface area (Å²) in [5.41, 5.74) is 0.649. The molecule has 0 aliphatic carbocycles. The van der Waals surface area contributed by atoms with Gasteiger partial charge in [-0.05, 0) is 24.6 Å². The van der Waals surface area contributed by atoms with Gasteiger partial charge in [0.05, 0.1) is 6.54 Å². The van der Waals surface area contributed by atoms with E-state index in [1.54, 1.807) is 16.8 Å². The lowest BCUT2D eigenvalue weighted by Crippen LogP contribution is -2.49. The van der Waals surface area contributed by atoms with Crippen molar-refractivity contribution in [3.63, 3.8) is 0 Å². The van der Waals surface area contributed by atoms with Gasteiger partial charge in [-0.1, -0.05) is 12.1 Å². The molecule has 1 fully saturated rings. The number of amides is 1. The summed E-state index contributed by atoms with van der Waals surface area (Å²) in [5, 5.41) is 7.07. The largest absolute Gasteiger partial charge is 0.353 e. The topological polar surface area (TPSA) is 63.1 Å². The zero-order chi connectivity index (χ0) is 15.7. The number of hydrogen-bond donors (Lipinski definition) is 1. The van der Waals surface area contributed by atoms with Crippen molar-refractivity contribution in [1.82, 2.24) is 25.0 Å². The standard InChI is InChI=1S/C15H18FN5O/c1-10-18-13(20(2)19-10)9-21-7-6-17-15(22)14(21)11-4-3-5-12(16)8-11/h3-5,8,14H,6-7,9H2,1-2H3,(H,17,22)/t14-/m0/s1. The molecule has 3 rings (SSSR count). The van der Waals surface area contributed by atoms with Crippen LogP contribution >= 0.6 is 0 Å². The second-order valence-electron chi connectivity index (χ2n) is 5.42. The molecule has 2 aromatic rings. The smallest absolute Gasteiger partial charge is 0.242 e. The van der Waals surface area contributed by atoms with Crippen LogP contribution < -0.4 is 5.32 Å². The number of piperazine rings is 1. The number of aromatic nitrogens is 3. The Morgan fingerprint density at radius 1 is 1.45 bits per heavy atom. The monoisotopic (exact) mass is 303 g/mol. The van der Waals surface area contributed by atoms with Gasteiger partial charge in [0.15, 0.2) is 0 Å². The van der Waals surface area contributed by atoms with Gasteiger partial charge in [-0.15, -0.1) is 0 Å². The summed E-state index contributed by atoms with van der Waals surface area (Å²) in [6.07, 6.45) is 0. The van der Waals surface area contributed by atoms with Crippen molar-refractivity contribution in [2.75, 3.05) is 13.1 Å². The Morgan fingerprint density at radius 2 is 2.27 bits per heavy atom. The molecule has 1 aromatic carbocycles. The fourth-order valence-corrected chi connectivity index (χ4v) is 2.80. The van der Waals surface area contributed by atoms with Gasteiger partial charge in [0, 0.05) is 20.1 Å². The van der Waals surface area contributed by atoms with Crippen LogP contribution in [-0.2, 0) is 18.4 Å². The molecular formula is C15H18FN5O.